The average Bonchev–Trinajstić information content (AvgIpc) is 3.22. The highest BCUT2D eigenvalue weighted by Gasteiger charge is 2.53. The van der Waals surface area contributed by atoms with E-state index in [-0.39, 0.29) is 16.2 Å². The average molecular weight is 431 g/mol. The SMILES string of the molecule is CC(C)Oc1ccc(NC(=O)C2(NS(=O)(=O)c3cccs3)CC2)c2ccccc12. The van der Waals surface area contributed by atoms with Crippen LogP contribution in [0.3, 0.4) is 0 Å². The number of sulfonamides is 1. The predicted octanol–water partition coefficient (Wildman–Crippen LogP) is 4.14. The van der Waals surface area contributed by atoms with Gasteiger partial charge in [0.05, 0.1) is 6.10 Å². The smallest absolute Gasteiger partial charge is 0.251 e. The normalized spacial score (nSPS) is 15.4. The van der Waals surface area contributed by atoms with Gasteiger partial charge >= 0.3 is 0 Å². The van der Waals surface area contributed by atoms with E-state index in [1.165, 1.54) is 6.07 Å². The molecule has 8 heteroatoms. The molecular weight excluding hydrogens is 408 g/mol. The van der Waals surface area contributed by atoms with Gasteiger partial charge in [0.1, 0.15) is 15.5 Å². The molecule has 2 aromatic carbocycles. The second-order valence-corrected chi connectivity index (χ2v) is 10.3. The molecule has 3 aromatic rings. The molecule has 4 rings (SSSR count). The number of nitrogens with one attached hydrogen (secondary N) is 2. The Balaban J connectivity index is 1.60. The Morgan fingerprint density at radius 3 is 2.41 bits per heavy atom. The van der Waals surface area contributed by atoms with Crippen molar-refractivity contribution in [3.63, 3.8) is 0 Å². The summed E-state index contributed by atoms with van der Waals surface area (Å²) < 4.78 is 33.8. The predicted molar refractivity (Wildman–Crippen MR) is 115 cm³/mol. The number of carbonyl (C=O) groups excluding carboxylic acids is 1. The van der Waals surface area contributed by atoms with Gasteiger partial charge in [-0.25, -0.2) is 8.42 Å². The highest BCUT2D eigenvalue weighted by atomic mass is 32.2. The minimum absolute atomic E-state index is 0.0280. The topological polar surface area (TPSA) is 84.5 Å². The highest BCUT2D eigenvalue weighted by molar-refractivity contribution is 7.91. The molecule has 1 fully saturated rings. The van der Waals surface area contributed by atoms with Crippen LogP contribution in [-0.2, 0) is 14.8 Å². The molecule has 0 unspecified atom stereocenters. The lowest BCUT2D eigenvalue weighted by atomic mass is 10.1. The summed E-state index contributed by atoms with van der Waals surface area (Å²) in [6, 6.07) is 14.5. The van der Waals surface area contributed by atoms with Crippen LogP contribution in [0.5, 0.6) is 5.75 Å². The van der Waals surface area contributed by atoms with Gasteiger partial charge in [0.2, 0.25) is 5.91 Å². The molecule has 1 heterocycles. The van der Waals surface area contributed by atoms with Crippen molar-refractivity contribution >= 4 is 43.7 Å². The Hall–Kier alpha value is -2.42. The zero-order chi connectivity index (χ0) is 20.6. The van der Waals surface area contributed by atoms with Crippen molar-refractivity contribution in [1.82, 2.24) is 4.72 Å². The van der Waals surface area contributed by atoms with Crippen molar-refractivity contribution in [2.24, 2.45) is 0 Å². The summed E-state index contributed by atoms with van der Waals surface area (Å²) in [5.74, 6) is 0.397. The van der Waals surface area contributed by atoms with Crippen LogP contribution in [0.25, 0.3) is 10.8 Å². The third-order valence-electron chi connectivity index (χ3n) is 4.77. The summed E-state index contributed by atoms with van der Waals surface area (Å²) in [7, 11) is -3.72. The zero-order valence-corrected chi connectivity index (χ0v) is 17.8. The van der Waals surface area contributed by atoms with E-state index in [1.807, 2.05) is 44.2 Å². The van der Waals surface area contributed by atoms with Crippen LogP contribution >= 0.6 is 11.3 Å². The summed E-state index contributed by atoms with van der Waals surface area (Å²) in [6.07, 6.45) is 0.964. The molecule has 0 aliphatic heterocycles. The fraction of sp³-hybridized carbons (Fsp3) is 0.286. The highest BCUT2D eigenvalue weighted by Crippen LogP contribution is 2.40. The molecule has 1 aliphatic rings. The Kier molecular flexibility index (Phi) is 5.10. The van der Waals surface area contributed by atoms with Crippen LogP contribution < -0.4 is 14.8 Å². The van der Waals surface area contributed by atoms with Crippen LogP contribution in [0.4, 0.5) is 5.69 Å². The van der Waals surface area contributed by atoms with E-state index in [2.05, 4.69) is 10.0 Å². The number of hydrogen-bond donors (Lipinski definition) is 2. The number of carbonyl (C=O) groups is 1. The Bertz CT molecular complexity index is 1150. The van der Waals surface area contributed by atoms with Crippen LogP contribution in [0.1, 0.15) is 26.7 Å². The first-order valence-electron chi connectivity index (χ1n) is 9.38. The number of ether oxygens (including phenoxy) is 1. The number of amides is 1. The molecule has 152 valence electrons. The van der Waals surface area contributed by atoms with E-state index in [9.17, 15) is 13.2 Å². The van der Waals surface area contributed by atoms with Gasteiger partial charge in [-0.2, -0.15) is 4.72 Å². The molecule has 1 amide bonds. The van der Waals surface area contributed by atoms with Crippen molar-refractivity contribution in [1.29, 1.82) is 0 Å². The van der Waals surface area contributed by atoms with Crippen molar-refractivity contribution in [2.75, 3.05) is 5.32 Å². The molecular formula is C21H22N2O4S2. The monoisotopic (exact) mass is 430 g/mol. The second-order valence-electron chi connectivity index (χ2n) is 7.40. The van der Waals surface area contributed by atoms with Crippen molar-refractivity contribution in [3.05, 3.63) is 53.9 Å². The number of anilines is 1. The quantitative estimate of drug-likeness (QED) is 0.590. The Morgan fingerprint density at radius 1 is 1.07 bits per heavy atom. The summed E-state index contributed by atoms with van der Waals surface area (Å²) in [4.78, 5) is 13.0. The van der Waals surface area contributed by atoms with Crippen LogP contribution in [0.2, 0.25) is 0 Å². The first-order valence-corrected chi connectivity index (χ1v) is 11.7. The number of rotatable bonds is 7. The van der Waals surface area contributed by atoms with Gasteiger partial charge in [-0.3, -0.25) is 4.79 Å². The molecule has 1 saturated carbocycles. The lowest BCUT2D eigenvalue weighted by Gasteiger charge is -2.19. The molecule has 1 aliphatic carbocycles. The van der Waals surface area contributed by atoms with Gasteiger partial charge in [-0.05, 0) is 50.3 Å². The van der Waals surface area contributed by atoms with Gasteiger partial charge < -0.3 is 10.1 Å². The van der Waals surface area contributed by atoms with Gasteiger partial charge in [0.25, 0.3) is 10.0 Å². The number of benzene rings is 2. The Labute approximate surface area is 173 Å². The number of thiophene rings is 1. The number of hydrogen-bond acceptors (Lipinski definition) is 5. The molecule has 0 spiro atoms. The van der Waals surface area contributed by atoms with E-state index in [0.29, 0.717) is 18.5 Å². The fourth-order valence-corrected chi connectivity index (χ4v) is 5.62. The van der Waals surface area contributed by atoms with Gasteiger partial charge in [0.15, 0.2) is 0 Å². The van der Waals surface area contributed by atoms with Crippen molar-refractivity contribution < 1.29 is 17.9 Å². The van der Waals surface area contributed by atoms with Gasteiger partial charge in [0, 0.05) is 16.5 Å². The third kappa shape index (κ3) is 4.01. The maximum Gasteiger partial charge on any atom is 0.251 e. The van der Waals surface area contributed by atoms with E-state index >= 15 is 0 Å². The molecule has 0 radical (unpaired) electrons. The van der Waals surface area contributed by atoms with Crippen molar-refractivity contribution in [2.45, 2.75) is 42.5 Å². The summed E-state index contributed by atoms with van der Waals surface area (Å²) in [5, 5.41) is 6.35. The Morgan fingerprint density at radius 2 is 1.79 bits per heavy atom. The van der Waals surface area contributed by atoms with E-state index < -0.39 is 15.6 Å². The first-order chi connectivity index (χ1) is 13.8. The first kappa shape index (κ1) is 19.9. The lowest BCUT2D eigenvalue weighted by Crippen LogP contribution is -2.45. The van der Waals surface area contributed by atoms with Crippen LogP contribution in [0.15, 0.2) is 58.1 Å². The standard InChI is InChI=1S/C21H22N2O4S2/c1-14(2)27-18-10-9-17(15-6-3-4-7-16(15)18)22-20(24)21(11-12-21)23-29(25,26)19-8-5-13-28-19/h3-10,13-14,23H,11-12H2,1-2H3,(H,22,24). The molecule has 0 saturated heterocycles. The summed E-state index contributed by atoms with van der Waals surface area (Å²) in [5.41, 5.74) is -0.472. The maximum atomic E-state index is 13.0. The molecule has 29 heavy (non-hydrogen) atoms. The molecule has 1 aromatic heterocycles. The molecule has 0 bridgehead atoms. The van der Waals surface area contributed by atoms with Crippen LogP contribution in [-0.4, -0.2) is 26.0 Å². The number of fused-ring (bicyclic) bond motifs is 1. The van der Waals surface area contributed by atoms with Gasteiger partial charge in [-0.15, -0.1) is 11.3 Å². The van der Waals surface area contributed by atoms with Crippen LogP contribution in [0, 0.1) is 0 Å². The summed E-state index contributed by atoms with van der Waals surface area (Å²) >= 11 is 1.13. The van der Waals surface area contributed by atoms with E-state index in [1.54, 1.807) is 17.5 Å². The summed E-state index contributed by atoms with van der Waals surface area (Å²) in [6.45, 7) is 3.92. The van der Waals surface area contributed by atoms with Gasteiger partial charge in [-0.1, -0.05) is 30.3 Å². The van der Waals surface area contributed by atoms with E-state index in [4.69, 9.17) is 4.74 Å². The lowest BCUT2D eigenvalue weighted by molar-refractivity contribution is -0.118. The molecule has 2 N–H and O–H groups in total. The maximum absolute atomic E-state index is 13.0. The second kappa shape index (κ2) is 7.44. The molecule has 0 atom stereocenters. The largest absolute Gasteiger partial charge is 0.490 e. The fourth-order valence-electron chi connectivity index (χ4n) is 3.20. The van der Waals surface area contributed by atoms with E-state index in [0.717, 1.165) is 27.9 Å². The minimum atomic E-state index is -3.72. The van der Waals surface area contributed by atoms with Crippen molar-refractivity contribution in [3.8, 4) is 5.75 Å². The molecule has 6 nitrogen and oxygen atoms in total. The minimum Gasteiger partial charge on any atom is -0.490 e. The third-order valence-corrected chi connectivity index (χ3v) is 7.70. The zero-order valence-electron chi connectivity index (χ0n) is 16.1.